The second-order valence-electron chi connectivity index (χ2n) is 5.51. The lowest BCUT2D eigenvalue weighted by molar-refractivity contribution is -0.170. The van der Waals surface area contributed by atoms with E-state index in [1.807, 2.05) is 66.9 Å². The number of aliphatic carboxylic acids is 1. The van der Waals surface area contributed by atoms with Gasteiger partial charge in [-0.1, -0.05) is 43.3 Å². The van der Waals surface area contributed by atoms with E-state index in [-0.39, 0.29) is 5.92 Å². The largest absolute Gasteiger partial charge is 0.479 e. The van der Waals surface area contributed by atoms with Crippen molar-refractivity contribution in [3.05, 3.63) is 46.2 Å². The van der Waals surface area contributed by atoms with Crippen LogP contribution in [-0.4, -0.2) is 28.2 Å². The minimum atomic E-state index is -1.22. The van der Waals surface area contributed by atoms with Gasteiger partial charge in [-0.05, 0) is 30.4 Å². The van der Waals surface area contributed by atoms with Crippen LogP contribution in [0.5, 0.6) is 0 Å². The van der Waals surface area contributed by atoms with Crippen molar-refractivity contribution >= 4 is 29.5 Å². The Kier molecular flexibility index (Phi) is 6.41. The smallest absolute Gasteiger partial charge is 0.336 e. The van der Waals surface area contributed by atoms with Crippen LogP contribution in [0.25, 0.3) is 0 Å². The van der Waals surface area contributed by atoms with E-state index in [0.29, 0.717) is 6.61 Å². The van der Waals surface area contributed by atoms with Gasteiger partial charge in [0.05, 0.1) is 6.61 Å². The summed E-state index contributed by atoms with van der Waals surface area (Å²) in [6.07, 6.45) is 3.26. The highest BCUT2D eigenvalue weighted by Gasteiger charge is 2.39. The maximum Gasteiger partial charge on any atom is 0.336 e. The molecule has 0 bridgehead atoms. The van der Waals surface area contributed by atoms with Crippen LogP contribution >= 0.6 is 23.5 Å². The van der Waals surface area contributed by atoms with Gasteiger partial charge in [0.25, 0.3) is 0 Å². The summed E-state index contributed by atoms with van der Waals surface area (Å²) in [6, 6.07) is 9.68. The molecule has 0 radical (unpaired) electrons. The predicted octanol–water partition coefficient (Wildman–Crippen LogP) is 4.39. The average Bonchev–Trinajstić information content (AvgIpc) is 2.54. The zero-order chi connectivity index (χ0) is 16.0. The van der Waals surface area contributed by atoms with Crippen LogP contribution in [0.15, 0.2) is 40.6 Å². The van der Waals surface area contributed by atoms with Crippen molar-refractivity contribution in [2.75, 3.05) is 11.5 Å². The quantitative estimate of drug-likeness (QED) is 0.833. The van der Waals surface area contributed by atoms with Crippen molar-refractivity contribution in [3.63, 3.8) is 0 Å². The van der Waals surface area contributed by atoms with Crippen molar-refractivity contribution in [3.8, 4) is 0 Å². The fourth-order valence-corrected chi connectivity index (χ4v) is 4.70. The molecular formula is C17H22O3S2. The fourth-order valence-electron chi connectivity index (χ4n) is 2.10. The van der Waals surface area contributed by atoms with E-state index in [4.69, 9.17) is 4.74 Å². The van der Waals surface area contributed by atoms with Gasteiger partial charge in [-0.3, -0.25) is 0 Å². The highest BCUT2D eigenvalue weighted by atomic mass is 32.2. The molecular weight excluding hydrogens is 316 g/mol. The van der Waals surface area contributed by atoms with Gasteiger partial charge in [-0.25, -0.2) is 4.79 Å². The van der Waals surface area contributed by atoms with Crippen LogP contribution in [0.2, 0.25) is 0 Å². The van der Waals surface area contributed by atoms with Gasteiger partial charge >= 0.3 is 5.97 Å². The first-order valence-electron chi connectivity index (χ1n) is 7.41. The summed E-state index contributed by atoms with van der Waals surface area (Å²) < 4.78 is 7.03. The molecule has 2 atom stereocenters. The minimum absolute atomic E-state index is 0.193. The van der Waals surface area contributed by atoms with Gasteiger partial charge < -0.3 is 9.84 Å². The molecule has 1 heterocycles. The van der Waals surface area contributed by atoms with Crippen LogP contribution in [0.1, 0.15) is 25.8 Å². The second kappa shape index (κ2) is 8.09. The maximum absolute atomic E-state index is 11.8. The van der Waals surface area contributed by atoms with E-state index < -0.39 is 11.6 Å². The van der Waals surface area contributed by atoms with Gasteiger partial charge in [-0.15, -0.1) is 23.5 Å². The lowest BCUT2D eigenvalue weighted by atomic mass is 9.90. The molecule has 1 aliphatic heterocycles. The fraction of sp³-hybridized carbons (Fsp3) is 0.471. The first-order chi connectivity index (χ1) is 10.5. The Bertz CT molecular complexity index is 522. The molecule has 1 N–H and O–H groups in total. The normalized spacial score (nSPS) is 19.3. The van der Waals surface area contributed by atoms with Crippen molar-refractivity contribution in [2.45, 2.75) is 32.5 Å². The van der Waals surface area contributed by atoms with E-state index in [0.717, 1.165) is 17.1 Å². The molecule has 1 aliphatic rings. The zero-order valence-corrected chi connectivity index (χ0v) is 14.6. The standard InChI is InChI=1S/C17H22O3S2/c1-13(11-15-21-9-6-10-22-15)17(2,16(18)19)20-12-14-7-4-3-5-8-14/h3-5,7-8,11,13H,6,9-10,12H2,1-2H3,(H,18,19)/t13-,17+/m1/s1. The number of carboxylic acid groups (broad SMARTS) is 1. The first kappa shape index (κ1) is 17.4. The highest BCUT2D eigenvalue weighted by molar-refractivity contribution is 8.22. The second-order valence-corrected chi connectivity index (χ2v) is 8.04. The van der Waals surface area contributed by atoms with Crippen molar-refractivity contribution in [2.24, 2.45) is 5.92 Å². The van der Waals surface area contributed by atoms with Crippen molar-refractivity contribution in [1.29, 1.82) is 0 Å². The number of rotatable bonds is 6. The molecule has 1 aromatic rings. The lowest BCUT2D eigenvalue weighted by Gasteiger charge is -2.30. The van der Waals surface area contributed by atoms with Gasteiger partial charge in [0.15, 0.2) is 5.60 Å². The molecule has 2 rings (SSSR count). The topological polar surface area (TPSA) is 46.5 Å². The summed E-state index contributed by atoms with van der Waals surface area (Å²) >= 11 is 3.62. The van der Waals surface area contributed by atoms with Gasteiger partial charge in [0, 0.05) is 10.2 Å². The zero-order valence-electron chi connectivity index (χ0n) is 13.0. The Morgan fingerprint density at radius 1 is 1.36 bits per heavy atom. The lowest BCUT2D eigenvalue weighted by Crippen LogP contribution is -2.43. The van der Waals surface area contributed by atoms with Crippen molar-refractivity contribution in [1.82, 2.24) is 0 Å². The summed E-state index contributed by atoms with van der Waals surface area (Å²) in [4.78, 5) is 11.8. The Balaban J connectivity index is 2.07. The summed E-state index contributed by atoms with van der Waals surface area (Å²) in [7, 11) is 0. The summed E-state index contributed by atoms with van der Waals surface area (Å²) in [5, 5.41) is 9.64. The van der Waals surface area contributed by atoms with E-state index >= 15 is 0 Å². The van der Waals surface area contributed by atoms with Crippen LogP contribution in [0.3, 0.4) is 0 Å². The van der Waals surface area contributed by atoms with Crippen molar-refractivity contribution < 1.29 is 14.6 Å². The van der Waals surface area contributed by atoms with Gasteiger partial charge in [-0.2, -0.15) is 0 Å². The highest BCUT2D eigenvalue weighted by Crippen LogP contribution is 2.37. The molecule has 22 heavy (non-hydrogen) atoms. The SMILES string of the molecule is C[C@H](C=C1SCCCS1)[C@](C)(OCc1ccccc1)C(=O)O. The molecule has 1 saturated heterocycles. The molecule has 120 valence electrons. The van der Waals surface area contributed by atoms with E-state index in [2.05, 4.69) is 0 Å². The monoisotopic (exact) mass is 338 g/mol. The average molecular weight is 338 g/mol. The molecule has 3 nitrogen and oxygen atoms in total. The molecule has 0 unspecified atom stereocenters. The number of carboxylic acids is 1. The molecule has 5 heteroatoms. The molecule has 0 aromatic heterocycles. The van der Waals surface area contributed by atoms with Gasteiger partial charge in [0.2, 0.25) is 0 Å². The summed E-state index contributed by atoms with van der Waals surface area (Å²) in [5.74, 6) is 1.11. The Morgan fingerprint density at radius 3 is 2.59 bits per heavy atom. The minimum Gasteiger partial charge on any atom is -0.479 e. The third kappa shape index (κ3) is 4.54. The molecule has 1 aromatic carbocycles. The molecule has 0 spiro atoms. The summed E-state index contributed by atoms with van der Waals surface area (Å²) in [5.41, 5.74) is -0.238. The molecule has 0 aliphatic carbocycles. The predicted molar refractivity (Wildman–Crippen MR) is 94.1 cm³/mol. The third-order valence-corrected chi connectivity index (χ3v) is 6.37. The Hall–Kier alpha value is -0.910. The number of hydrogen-bond donors (Lipinski definition) is 1. The number of benzene rings is 1. The van der Waals surface area contributed by atoms with Crippen LogP contribution in [-0.2, 0) is 16.1 Å². The maximum atomic E-state index is 11.8. The molecule has 0 amide bonds. The molecule has 1 fully saturated rings. The Labute approximate surface area is 140 Å². The van der Waals surface area contributed by atoms with E-state index in [1.165, 1.54) is 10.7 Å². The van der Waals surface area contributed by atoms with Gasteiger partial charge in [0.1, 0.15) is 0 Å². The third-order valence-electron chi connectivity index (χ3n) is 3.84. The van der Waals surface area contributed by atoms with E-state index in [1.54, 1.807) is 6.92 Å². The van der Waals surface area contributed by atoms with Crippen LogP contribution in [0.4, 0.5) is 0 Å². The van der Waals surface area contributed by atoms with E-state index in [9.17, 15) is 9.90 Å². The molecule has 0 saturated carbocycles. The number of thioether (sulfide) groups is 2. The van der Waals surface area contributed by atoms with Crippen LogP contribution < -0.4 is 0 Å². The number of hydrogen-bond acceptors (Lipinski definition) is 4. The number of ether oxygens (including phenoxy) is 1. The summed E-state index contributed by atoms with van der Waals surface area (Å²) in [6.45, 7) is 3.89. The Morgan fingerprint density at radius 2 is 2.00 bits per heavy atom. The number of carbonyl (C=O) groups is 1. The van der Waals surface area contributed by atoms with Crippen LogP contribution in [0, 0.1) is 5.92 Å². The first-order valence-corrected chi connectivity index (χ1v) is 9.38.